The second-order valence-electron chi connectivity index (χ2n) is 7.42. The zero-order valence-corrected chi connectivity index (χ0v) is 17.8. The number of aromatic amines is 1. The molecule has 1 aliphatic rings. The van der Waals surface area contributed by atoms with E-state index in [0.29, 0.717) is 21.7 Å². The van der Waals surface area contributed by atoms with Gasteiger partial charge in [-0.2, -0.15) is 5.10 Å². The first-order valence-corrected chi connectivity index (χ1v) is 10.5. The molecule has 3 amide bonds. The minimum atomic E-state index is -1.32. The van der Waals surface area contributed by atoms with Crippen molar-refractivity contribution < 1.29 is 9.59 Å². The molecule has 0 spiro atoms. The van der Waals surface area contributed by atoms with Crippen LogP contribution in [0.15, 0.2) is 91.0 Å². The number of H-pyrrole nitrogens is 1. The van der Waals surface area contributed by atoms with Crippen molar-refractivity contribution in [2.75, 3.05) is 0 Å². The third-order valence-corrected chi connectivity index (χ3v) is 5.85. The van der Waals surface area contributed by atoms with Gasteiger partial charge in [0.05, 0.1) is 6.54 Å². The van der Waals surface area contributed by atoms with Crippen LogP contribution in [0.1, 0.15) is 17.0 Å². The molecule has 1 aromatic heterocycles. The smallest absolute Gasteiger partial charge is 0.315 e. The molecule has 2 N–H and O–H groups in total. The zero-order valence-electron chi connectivity index (χ0n) is 16.9. The highest BCUT2D eigenvalue weighted by Gasteiger charge is 2.53. The molecule has 0 unspecified atom stereocenters. The van der Waals surface area contributed by atoms with E-state index in [4.69, 9.17) is 12.2 Å². The molecule has 0 radical (unpaired) electrons. The lowest BCUT2D eigenvalue weighted by atomic mass is 9.82. The number of carbonyl (C=O) groups is 2. The second kappa shape index (κ2) is 7.90. The van der Waals surface area contributed by atoms with Gasteiger partial charge in [-0.15, -0.1) is 0 Å². The third-order valence-electron chi connectivity index (χ3n) is 5.57. The molecule has 2 heterocycles. The van der Waals surface area contributed by atoms with Crippen LogP contribution in [-0.4, -0.2) is 31.6 Å². The van der Waals surface area contributed by atoms with Crippen molar-refractivity contribution >= 4 is 24.2 Å². The molecule has 32 heavy (non-hydrogen) atoms. The van der Waals surface area contributed by atoms with Crippen molar-refractivity contribution in [1.82, 2.24) is 25.0 Å². The number of imide groups is 1. The molecule has 5 rings (SSSR count). The number of hydrogen-bond donors (Lipinski definition) is 2. The van der Waals surface area contributed by atoms with Crippen molar-refractivity contribution in [3.63, 3.8) is 0 Å². The number of aromatic nitrogens is 3. The monoisotopic (exact) mass is 441 g/mol. The summed E-state index contributed by atoms with van der Waals surface area (Å²) in [5.41, 5.74) is 0.859. The number of urea groups is 1. The normalized spacial score (nSPS) is 15.1. The maximum Gasteiger partial charge on any atom is 0.325 e. The fourth-order valence-corrected chi connectivity index (χ4v) is 4.33. The van der Waals surface area contributed by atoms with Crippen molar-refractivity contribution in [2.24, 2.45) is 0 Å². The summed E-state index contributed by atoms with van der Waals surface area (Å²) < 4.78 is 2.11. The average molecular weight is 442 g/mol. The van der Waals surface area contributed by atoms with Gasteiger partial charge in [0, 0.05) is 5.69 Å². The lowest BCUT2D eigenvalue weighted by molar-refractivity contribution is -0.130. The van der Waals surface area contributed by atoms with E-state index < -0.39 is 11.6 Å². The van der Waals surface area contributed by atoms with Crippen LogP contribution in [0.3, 0.4) is 0 Å². The average Bonchev–Trinajstić information content (AvgIpc) is 3.33. The largest absolute Gasteiger partial charge is 0.325 e. The Bertz CT molecular complexity index is 1290. The minimum Gasteiger partial charge on any atom is -0.315 e. The molecular weight excluding hydrogens is 422 g/mol. The van der Waals surface area contributed by atoms with Crippen LogP contribution in [0.4, 0.5) is 4.79 Å². The van der Waals surface area contributed by atoms with Gasteiger partial charge in [-0.05, 0) is 35.5 Å². The molecule has 4 aromatic rings. The first-order chi connectivity index (χ1) is 15.6. The Labute approximate surface area is 189 Å². The Kier molecular flexibility index (Phi) is 4.91. The summed E-state index contributed by atoms with van der Waals surface area (Å²) in [7, 11) is 0. The number of nitrogens with one attached hydrogen (secondary N) is 2. The number of benzene rings is 3. The molecule has 1 saturated heterocycles. The number of para-hydroxylation sites is 1. The fraction of sp³-hybridized carbons (Fsp3) is 0.0833. The Morgan fingerprint density at radius 2 is 1.34 bits per heavy atom. The molecule has 0 aliphatic carbocycles. The molecular formula is C24H19N5O2S. The summed E-state index contributed by atoms with van der Waals surface area (Å²) in [6, 6.07) is 27.5. The first kappa shape index (κ1) is 19.9. The number of carbonyl (C=O) groups excluding carboxylic acids is 2. The first-order valence-electron chi connectivity index (χ1n) is 10.1. The van der Waals surface area contributed by atoms with Crippen LogP contribution in [0.2, 0.25) is 0 Å². The maximum absolute atomic E-state index is 13.9. The highest BCUT2D eigenvalue weighted by atomic mass is 32.1. The number of hydrogen-bond acceptors (Lipinski definition) is 4. The highest BCUT2D eigenvalue weighted by molar-refractivity contribution is 7.71. The van der Waals surface area contributed by atoms with Crippen LogP contribution < -0.4 is 5.32 Å². The molecule has 3 aromatic carbocycles. The summed E-state index contributed by atoms with van der Waals surface area (Å²) >= 11 is 5.39. The molecule has 158 valence electrons. The van der Waals surface area contributed by atoms with Gasteiger partial charge in [0.1, 0.15) is 0 Å². The van der Waals surface area contributed by atoms with Crippen LogP contribution in [-0.2, 0) is 16.9 Å². The Hall–Kier alpha value is -4.04. The topological polar surface area (TPSA) is 83.0 Å². The molecule has 0 bridgehead atoms. The molecule has 0 saturated carbocycles. The van der Waals surface area contributed by atoms with Crippen LogP contribution in [0, 0.1) is 4.77 Å². The molecule has 7 nitrogen and oxygen atoms in total. The lowest BCUT2D eigenvalue weighted by Gasteiger charge is -2.28. The van der Waals surface area contributed by atoms with E-state index in [1.54, 1.807) is 4.57 Å². The van der Waals surface area contributed by atoms with Gasteiger partial charge in [-0.25, -0.2) is 4.79 Å². The minimum absolute atomic E-state index is 0.0336. The van der Waals surface area contributed by atoms with Gasteiger partial charge < -0.3 is 5.32 Å². The van der Waals surface area contributed by atoms with Gasteiger partial charge in [-0.1, -0.05) is 78.9 Å². The third kappa shape index (κ3) is 3.12. The summed E-state index contributed by atoms with van der Waals surface area (Å²) in [6.07, 6.45) is 0. The second-order valence-corrected chi connectivity index (χ2v) is 7.81. The molecule has 8 heteroatoms. The van der Waals surface area contributed by atoms with Gasteiger partial charge in [-0.3, -0.25) is 19.4 Å². The number of rotatable bonds is 5. The van der Waals surface area contributed by atoms with Crippen molar-refractivity contribution in [3.05, 3.63) is 113 Å². The summed E-state index contributed by atoms with van der Waals surface area (Å²) in [5.74, 6) is 0.0926. The van der Waals surface area contributed by atoms with Crippen molar-refractivity contribution in [3.8, 4) is 5.69 Å². The Morgan fingerprint density at radius 3 is 1.91 bits per heavy atom. The Morgan fingerprint density at radius 1 is 0.812 bits per heavy atom. The van der Waals surface area contributed by atoms with Gasteiger partial charge >= 0.3 is 6.03 Å². The molecule has 1 fully saturated rings. The van der Waals surface area contributed by atoms with E-state index in [1.165, 1.54) is 4.90 Å². The predicted octanol–water partition coefficient (Wildman–Crippen LogP) is 3.93. The summed E-state index contributed by atoms with van der Waals surface area (Å²) in [6.45, 7) is -0.0336. The van der Waals surface area contributed by atoms with E-state index in [2.05, 4.69) is 15.5 Å². The summed E-state index contributed by atoms with van der Waals surface area (Å²) in [5, 5.41) is 10.0. The van der Waals surface area contributed by atoms with E-state index in [0.717, 1.165) is 5.69 Å². The zero-order chi connectivity index (χ0) is 22.1. The van der Waals surface area contributed by atoms with Gasteiger partial charge in [0.2, 0.25) is 0 Å². The predicted molar refractivity (Wildman–Crippen MR) is 121 cm³/mol. The SMILES string of the molecule is O=C1NC(c2ccccc2)(c2ccccc2)C(=O)N1Cc1n[nH]c(=S)n1-c1ccccc1. The number of amides is 3. The van der Waals surface area contributed by atoms with E-state index in [-0.39, 0.29) is 12.5 Å². The highest BCUT2D eigenvalue weighted by Crippen LogP contribution is 2.36. The number of nitrogens with zero attached hydrogens (tertiary/aromatic N) is 3. The van der Waals surface area contributed by atoms with Gasteiger partial charge in [0.25, 0.3) is 5.91 Å². The summed E-state index contributed by atoms with van der Waals surface area (Å²) in [4.78, 5) is 28.2. The van der Waals surface area contributed by atoms with Crippen LogP contribution in [0.25, 0.3) is 5.69 Å². The quantitative estimate of drug-likeness (QED) is 0.363. The van der Waals surface area contributed by atoms with E-state index in [9.17, 15) is 9.59 Å². The Balaban J connectivity index is 1.58. The van der Waals surface area contributed by atoms with Crippen LogP contribution in [0.5, 0.6) is 0 Å². The molecule has 0 atom stereocenters. The fourth-order valence-electron chi connectivity index (χ4n) is 4.07. The maximum atomic E-state index is 13.9. The lowest BCUT2D eigenvalue weighted by Crippen LogP contribution is -2.45. The van der Waals surface area contributed by atoms with Crippen molar-refractivity contribution in [2.45, 2.75) is 12.1 Å². The van der Waals surface area contributed by atoms with Crippen LogP contribution >= 0.6 is 12.2 Å². The standard InChI is InChI=1S/C24H19N5O2S/c30-21-24(17-10-4-1-5-11-17,18-12-6-2-7-13-18)25-22(31)28(21)16-20-26-27-23(32)29(20)19-14-8-3-9-15-19/h1-15H,16H2,(H,25,31)(H,27,32). The van der Waals surface area contributed by atoms with Gasteiger partial charge in [0.15, 0.2) is 16.1 Å². The van der Waals surface area contributed by atoms with Crippen molar-refractivity contribution in [1.29, 1.82) is 0 Å². The van der Waals surface area contributed by atoms with E-state index >= 15 is 0 Å². The molecule has 1 aliphatic heterocycles. The van der Waals surface area contributed by atoms with E-state index in [1.807, 2.05) is 91.0 Å².